The lowest BCUT2D eigenvalue weighted by atomic mass is 9.92. The van der Waals surface area contributed by atoms with Crippen LogP contribution >= 0.6 is 0 Å². The van der Waals surface area contributed by atoms with Crippen LogP contribution in [0.3, 0.4) is 0 Å². The van der Waals surface area contributed by atoms with Gasteiger partial charge in [0.25, 0.3) is 0 Å². The number of aromatic amines is 1. The van der Waals surface area contributed by atoms with E-state index in [0.29, 0.717) is 6.42 Å². The zero-order chi connectivity index (χ0) is 15.7. The van der Waals surface area contributed by atoms with E-state index in [1.807, 2.05) is 18.5 Å². The number of rotatable bonds is 4. The van der Waals surface area contributed by atoms with Crippen LogP contribution in [0, 0.1) is 11.3 Å². The SMILES string of the molecule is N#CCCC1(n2cc(-c3ncnc4[nH]ccc34)cn2)CCCC1. The topological polar surface area (TPSA) is 83.2 Å². The molecule has 3 heterocycles. The Bertz CT molecular complexity index is 862. The summed E-state index contributed by atoms with van der Waals surface area (Å²) in [7, 11) is 0. The predicted octanol–water partition coefficient (Wildman–Crippen LogP) is 3.39. The molecule has 116 valence electrons. The lowest BCUT2D eigenvalue weighted by molar-refractivity contribution is 0.245. The summed E-state index contributed by atoms with van der Waals surface area (Å²) in [6.45, 7) is 0. The molecule has 0 aliphatic heterocycles. The van der Waals surface area contributed by atoms with Crippen molar-refractivity contribution < 1.29 is 0 Å². The van der Waals surface area contributed by atoms with Crippen molar-refractivity contribution >= 4 is 11.0 Å². The van der Waals surface area contributed by atoms with Crippen LogP contribution in [-0.2, 0) is 5.54 Å². The summed E-state index contributed by atoms with van der Waals surface area (Å²) in [6, 6.07) is 4.27. The van der Waals surface area contributed by atoms with E-state index >= 15 is 0 Å². The molecule has 4 rings (SSSR count). The number of hydrogen-bond donors (Lipinski definition) is 1. The minimum Gasteiger partial charge on any atom is -0.346 e. The molecule has 1 fully saturated rings. The first kappa shape index (κ1) is 13.9. The van der Waals surface area contributed by atoms with E-state index in [1.165, 1.54) is 12.8 Å². The Morgan fingerprint density at radius 3 is 3.00 bits per heavy atom. The van der Waals surface area contributed by atoms with Gasteiger partial charge in [-0.05, 0) is 25.3 Å². The van der Waals surface area contributed by atoms with Crippen LogP contribution in [0.15, 0.2) is 31.0 Å². The lowest BCUT2D eigenvalue weighted by Gasteiger charge is -2.28. The summed E-state index contributed by atoms with van der Waals surface area (Å²) in [5.74, 6) is 0. The van der Waals surface area contributed by atoms with Gasteiger partial charge >= 0.3 is 0 Å². The Labute approximate surface area is 134 Å². The highest BCUT2D eigenvalue weighted by atomic mass is 15.3. The highest BCUT2D eigenvalue weighted by Crippen LogP contribution is 2.40. The molecule has 1 aliphatic rings. The number of hydrogen-bond acceptors (Lipinski definition) is 4. The van der Waals surface area contributed by atoms with E-state index in [4.69, 9.17) is 5.26 Å². The molecule has 0 radical (unpaired) electrons. The molecule has 6 heteroatoms. The highest BCUT2D eigenvalue weighted by Gasteiger charge is 2.36. The Morgan fingerprint density at radius 2 is 2.17 bits per heavy atom. The lowest BCUT2D eigenvalue weighted by Crippen LogP contribution is -2.30. The summed E-state index contributed by atoms with van der Waals surface area (Å²) in [5.41, 5.74) is 2.73. The second-order valence-electron chi connectivity index (χ2n) is 6.23. The summed E-state index contributed by atoms with van der Waals surface area (Å²) in [4.78, 5) is 11.8. The number of H-pyrrole nitrogens is 1. The molecular formula is C17H18N6. The van der Waals surface area contributed by atoms with Gasteiger partial charge in [0.2, 0.25) is 0 Å². The van der Waals surface area contributed by atoms with E-state index in [2.05, 4.69) is 37.0 Å². The van der Waals surface area contributed by atoms with Crippen LogP contribution in [0.1, 0.15) is 38.5 Å². The van der Waals surface area contributed by atoms with Crippen LogP contribution in [-0.4, -0.2) is 24.7 Å². The zero-order valence-electron chi connectivity index (χ0n) is 12.9. The molecule has 1 aliphatic carbocycles. The molecule has 0 atom stereocenters. The highest BCUT2D eigenvalue weighted by molar-refractivity contribution is 5.89. The minimum absolute atomic E-state index is 0.00171. The molecule has 23 heavy (non-hydrogen) atoms. The third-order valence-corrected chi connectivity index (χ3v) is 4.93. The molecule has 0 unspecified atom stereocenters. The molecule has 3 aromatic heterocycles. The number of fused-ring (bicyclic) bond motifs is 1. The molecule has 0 bridgehead atoms. The van der Waals surface area contributed by atoms with E-state index < -0.39 is 0 Å². The van der Waals surface area contributed by atoms with Gasteiger partial charge in [0, 0.05) is 29.8 Å². The van der Waals surface area contributed by atoms with Gasteiger partial charge in [0.1, 0.15) is 12.0 Å². The molecule has 0 spiro atoms. The van der Waals surface area contributed by atoms with Crippen LogP contribution < -0.4 is 0 Å². The van der Waals surface area contributed by atoms with Crippen molar-refractivity contribution in [3.63, 3.8) is 0 Å². The maximum atomic E-state index is 8.97. The molecule has 0 amide bonds. The molecule has 6 nitrogen and oxygen atoms in total. The maximum Gasteiger partial charge on any atom is 0.141 e. The van der Waals surface area contributed by atoms with Gasteiger partial charge in [-0.15, -0.1) is 0 Å². The largest absolute Gasteiger partial charge is 0.346 e. The van der Waals surface area contributed by atoms with Crippen LogP contribution in [0.2, 0.25) is 0 Å². The average Bonchev–Trinajstić information content (AvgIpc) is 3.31. The van der Waals surface area contributed by atoms with E-state index in [1.54, 1.807) is 6.33 Å². The molecular weight excluding hydrogens is 288 g/mol. The summed E-state index contributed by atoms with van der Waals surface area (Å²) in [6.07, 6.45) is 13.5. The Kier molecular flexibility index (Phi) is 3.34. The van der Waals surface area contributed by atoms with Crippen molar-refractivity contribution in [1.29, 1.82) is 5.26 Å². The molecule has 3 aromatic rings. The zero-order valence-corrected chi connectivity index (χ0v) is 12.9. The standard InChI is InChI=1S/C17H18N6/c18-8-3-7-17(5-1-2-6-17)23-11-13(10-22-23)15-14-4-9-19-16(14)21-12-20-15/h4,9-12H,1-3,5-7H2,(H,19,20,21). The van der Waals surface area contributed by atoms with Gasteiger partial charge in [-0.25, -0.2) is 9.97 Å². The summed E-state index contributed by atoms with van der Waals surface area (Å²) >= 11 is 0. The van der Waals surface area contributed by atoms with E-state index in [9.17, 15) is 0 Å². The van der Waals surface area contributed by atoms with Gasteiger partial charge in [-0.1, -0.05) is 12.8 Å². The minimum atomic E-state index is -0.00171. The summed E-state index contributed by atoms with van der Waals surface area (Å²) < 4.78 is 2.08. The van der Waals surface area contributed by atoms with Gasteiger partial charge < -0.3 is 4.98 Å². The van der Waals surface area contributed by atoms with Crippen LogP contribution in [0.5, 0.6) is 0 Å². The van der Waals surface area contributed by atoms with Crippen molar-refractivity contribution in [3.05, 3.63) is 31.0 Å². The smallest absolute Gasteiger partial charge is 0.141 e. The third-order valence-electron chi connectivity index (χ3n) is 4.93. The molecule has 0 saturated heterocycles. The van der Waals surface area contributed by atoms with E-state index in [0.717, 1.165) is 41.6 Å². The fourth-order valence-electron chi connectivity index (χ4n) is 3.72. The number of nitriles is 1. The third kappa shape index (κ3) is 2.29. The Hall–Kier alpha value is -2.68. The fraction of sp³-hybridized carbons (Fsp3) is 0.412. The number of nitrogens with one attached hydrogen (secondary N) is 1. The number of nitrogens with zero attached hydrogens (tertiary/aromatic N) is 5. The Balaban J connectivity index is 1.74. The van der Waals surface area contributed by atoms with Crippen LogP contribution in [0.4, 0.5) is 0 Å². The van der Waals surface area contributed by atoms with E-state index in [-0.39, 0.29) is 5.54 Å². The van der Waals surface area contributed by atoms with Crippen molar-refractivity contribution in [2.45, 2.75) is 44.1 Å². The molecule has 1 saturated carbocycles. The Morgan fingerprint density at radius 1 is 1.30 bits per heavy atom. The van der Waals surface area contributed by atoms with Crippen molar-refractivity contribution in [2.75, 3.05) is 0 Å². The van der Waals surface area contributed by atoms with Crippen molar-refractivity contribution in [2.24, 2.45) is 0 Å². The molecule has 0 aromatic carbocycles. The maximum absolute atomic E-state index is 8.97. The fourth-order valence-corrected chi connectivity index (χ4v) is 3.72. The summed E-state index contributed by atoms with van der Waals surface area (Å²) in [5, 5.41) is 14.6. The quantitative estimate of drug-likeness (QED) is 0.800. The predicted molar refractivity (Wildman–Crippen MR) is 86.4 cm³/mol. The van der Waals surface area contributed by atoms with Gasteiger partial charge in [-0.3, -0.25) is 4.68 Å². The van der Waals surface area contributed by atoms with Crippen molar-refractivity contribution in [1.82, 2.24) is 24.7 Å². The second kappa shape index (κ2) is 5.51. The molecule has 1 N–H and O–H groups in total. The first-order valence-electron chi connectivity index (χ1n) is 8.03. The van der Waals surface area contributed by atoms with Crippen LogP contribution in [0.25, 0.3) is 22.3 Å². The average molecular weight is 306 g/mol. The van der Waals surface area contributed by atoms with Gasteiger partial charge in [-0.2, -0.15) is 10.4 Å². The normalized spacial score (nSPS) is 16.7. The van der Waals surface area contributed by atoms with Gasteiger partial charge in [0.15, 0.2) is 0 Å². The van der Waals surface area contributed by atoms with Crippen molar-refractivity contribution in [3.8, 4) is 17.3 Å². The second-order valence-corrected chi connectivity index (χ2v) is 6.23. The monoisotopic (exact) mass is 306 g/mol. The first-order valence-corrected chi connectivity index (χ1v) is 8.03. The first-order chi connectivity index (χ1) is 11.3. The van der Waals surface area contributed by atoms with Gasteiger partial charge in [0.05, 0.1) is 23.5 Å². The number of aromatic nitrogens is 5.